The molecule has 67 heavy (non-hydrogen) atoms. The Hall–Kier alpha value is -4.36. The van der Waals surface area contributed by atoms with Crippen molar-refractivity contribution in [3.8, 4) is 0 Å². The van der Waals surface area contributed by atoms with Crippen molar-refractivity contribution in [2.24, 2.45) is 0 Å². The first-order valence-electron chi connectivity index (χ1n) is 22.5. The number of aliphatic hydroxyl groups excluding tert-OH is 1. The molecule has 6 aromatic carbocycles. The summed E-state index contributed by atoms with van der Waals surface area (Å²) in [6.07, 6.45) is -14.3. The third-order valence-corrected chi connectivity index (χ3v) is 19.6. The van der Waals surface area contributed by atoms with Crippen LogP contribution in [0.25, 0.3) is 0 Å². The summed E-state index contributed by atoms with van der Waals surface area (Å²) >= 11 is 0. The van der Waals surface area contributed by atoms with Gasteiger partial charge in [-0.3, -0.25) is 0 Å². The Morgan fingerprint density at radius 3 is 0.985 bits per heavy atom. The van der Waals surface area contributed by atoms with E-state index in [2.05, 4.69) is 0 Å². The number of benzene rings is 6. The van der Waals surface area contributed by atoms with E-state index in [1.807, 2.05) is 0 Å². The first kappa shape index (κ1) is 49.1. The van der Waals surface area contributed by atoms with E-state index in [4.69, 9.17) is 24.4 Å². The minimum absolute atomic E-state index is 0.442. The van der Waals surface area contributed by atoms with Crippen LogP contribution in [0.5, 0.6) is 0 Å². The molecule has 0 spiro atoms. The van der Waals surface area contributed by atoms with Crippen molar-refractivity contribution in [2.45, 2.75) is 81.0 Å². The number of carbonyl (C=O) groups is 1. The molecule has 1 aliphatic rings. The second-order valence-electron chi connectivity index (χ2n) is 17.5. The molecule has 0 amide bonds. The molecule has 0 saturated carbocycles. The molecule has 1 aliphatic heterocycles. The van der Waals surface area contributed by atoms with Crippen LogP contribution in [0.15, 0.2) is 182 Å². The van der Waals surface area contributed by atoms with Gasteiger partial charge in [0.15, 0.2) is 0 Å². The van der Waals surface area contributed by atoms with E-state index in [9.17, 15) is 39.3 Å². The van der Waals surface area contributed by atoms with Gasteiger partial charge in [0, 0.05) is 0 Å². The Kier molecular flexibility index (Phi) is 15.2. The van der Waals surface area contributed by atoms with Crippen LogP contribution < -0.4 is 0 Å². The molecule has 7 rings (SSSR count). The SMILES string of the molecule is [2H]C(C)C(=O)OC[C@H]1OC(O)[C@@H](OP(O)(O)(Cc2ccccc2)Cc2ccccc2)[C@@H](OP(O)(O)(Cc2ccccc2)Cc2ccccc2)[C@@H]1OP(O)(O)(Cc1ccccc1)Cc1ccccc1. The summed E-state index contributed by atoms with van der Waals surface area (Å²) in [7, 11) is -17.3. The van der Waals surface area contributed by atoms with Crippen molar-refractivity contribution in [3.05, 3.63) is 215 Å². The molecule has 0 aromatic heterocycles. The molecule has 1 fully saturated rings. The molecular formula is C51H61O13P3. The van der Waals surface area contributed by atoms with Gasteiger partial charge in [0.1, 0.15) is 0 Å². The van der Waals surface area contributed by atoms with E-state index in [0.717, 1.165) is 0 Å². The fourth-order valence-corrected chi connectivity index (χ4v) is 17.4. The fraction of sp³-hybridized carbons (Fsp3) is 0.275. The first-order valence-corrected chi connectivity index (χ1v) is 29.3. The van der Waals surface area contributed by atoms with Gasteiger partial charge in [0.05, 0.1) is 0 Å². The summed E-state index contributed by atoms with van der Waals surface area (Å²) in [5.41, 5.74) is 2.71. The number of esters is 1. The van der Waals surface area contributed by atoms with Crippen LogP contribution in [-0.2, 0) is 64.8 Å². The normalized spacial score (nSPS) is 21.5. The predicted molar refractivity (Wildman–Crippen MR) is 262 cm³/mol. The second-order valence-corrected chi connectivity index (χ2v) is 27.8. The van der Waals surface area contributed by atoms with Crippen LogP contribution in [0.2, 0.25) is 0 Å². The van der Waals surface area contributed by atoms with Gasteiger partial charge in [-0.05, 0) is 0 Å². The van der Waals surface area contributed by atoms with Gasteiger partial charge in [0.25, 0.3) is 0 Å². The number of hydrogen-bond acceptors (Lipinski definition) is 13. The maximum atomic E-state index is 13.2. The van der Waals surface area contributed by atoms with Gasteiger partial charge in [0.2, 0.25) is 0 Å². The summed E-state index contributed by atoms with van der Waals surface area (Å²) in [6, 6.07) is 51.3. The quantitative estimate of drug-likeness (QED) is 0.0266. The van der Waals surface area contributed by atoms with Crippen molar-refractivity contribution in [3.63, 3.8) is 0 Å². The summed E-state index contributed by atoms with van der Waals surface area (Å²) in [6.45, 7) is 0.523. The standard InChI is InChI=1S/C51H61O13P3/c1-2-47(52)60-33-46-48(62-65(54,55,34-40-21-9-3-10-22-40)35-41-23-11-4-12-24-41)49(63-66(56,57,36-42-25-13-5-14-26-42)37-43-27-15-6-16-28-43)50(51(53)61-46)64-67(58,59,38-44-29-17-7-18-30-44)39-45-31-19-8-20-32-45/h3-32,46,48-51,53-59H,2,33-39H2,1H3/t46-,48-,49+,50+,51?/m1/s1/i2D/t2?,46-,48-,49+,50+,51?. The zero-order valence-electron chi connectivity index (χ0n) is 38.2. The second kappa shape index (κ2) is 20.7. The van der Waals surface area contributed by atoms with E-state index in [-0.39, 0.29) is 0 Å². The number of ether oxygens (including phenoxy) is 2. The number of aliphatic hydroxyl groups is 1. The van der Waals surface area contributed by atoms with Crippen molar-refractivity contribution in [1.82, 2.24) is 0 Å². The van der Waals surface area contributed by atoms with Gasteiger partial charge >= 0.3 is 394 Å². The minimum atomic E-state index is -5.81. The number of carbonyl (C=O) groups excluding carboxylic acids is 1. The van der Waals surface area contributed by atoms with Crippen LogP contribution >= 0.6 is 21.9 Å². The third kappa shape index (κ3) is 14.1. The van der Waals surface area contributed by atoms with Gasteiger partial charge in [-0.1, -0.05) is 0 Å². The topological polar surface area (TPSA) is 205 Å². The zero-order chi connectivity index (χ0) is 48.5. The number of rotatable bonds is 21. The van der Waals surface area contributed by atoms with Crippen LogP contribution in [0, 0.1) is 0 Å². The molecule has 2 unspecified atom stereocenters. The molecule has 1 heterocycles. The van der Waals surface area contributed by atoms with Gasteiger partial charge in [-0.15, -0.1) is 0 Å². The van der Waals surface area contributed by atoms with E-state index in [1.54, 1.807) is 182 Å². The van der Waals surface area contributed by atoms with Crippen molar-refractivity contribution < 1.29 is 63.7 Å². The van der Waals surface area contributed by atoms with E-state index in [1.165, 1.54) is 6.92 Å². The molecule has 7 N–H and O–H groups in total. The Morgan fingerprint density at radius 2 is 0.716 bits per heavy atom. The molecule has 358 valence electrons. The molecular weight excluding hydrogens is 913 g/mol. The van der Waals surface area contributed by atoms with Gasteiger partial charge in [-0.25, -0.2) is 0 Å². The Balaban J connectivity index is 1.44. The Labute approximate surface area is 393 Å². The van der Waals surface area contributed by atoms with E-state index < -0.39 is 109 Å². The summed E-state index contributed by atoms with van der Waals surface area (Å²) in [5, 5.41) is 12.3. The van der Waals surface area contributed by atoms with Crippen molar-refractivity contribution >= 4 is 27.8 Å². The Bertz CT molecular complexity index is 2410. The first-order chi connectivity index (χ1) is 32.2. The third-order valence-electron chi connectivity index (χ3n) is 11.4. The van der Waals surface area contributed by atoms with Gasteiger partial charge < -0.3 is 0 Å². The van der Waals surface area contributed by atoms with Crippen molar-refractivity contribution in [1.29, 1.82) is 0 Å². The maximum absolute atomic E-state index is 13.2. The van der Waals surface area contributed by atoms with Crippen LogP contribution in [0.1, 0.15) is 48.1 Å². The molecule has 0 bridgehead atoms. The molecule has 0 aliphatic carbocycles. The van der Waals surface area contributed by atoms with Crippen LogP contribution in [0.3, 0.4) is 0 Å². The monoisotopic (exact) mass is 975 g/mol. The molecule has 6 atom stereocenters. The van der Waals surface area contributed by atoms with Crippen LogP contribution in [0.4, 0.5) is 0 Å². The predicted octanol–water partition coefficient (Wildman–Crippen LogP) is 8.86. The summed E-state index contributed by atoms with van der Waals surface area (Å²) in [5.74, 6) is -0.991. The molecule has 16 heteroatoms. The zero-order valence-corrected chi connectivity index (χ0v) is 39.8. The Morgan fingerprint density at radius 1 is 0.463 bits per heavy atom. The van der Waals surface area contributed by atoms with Crippen LogP contribution in [-0.4, -0.2) is 77.7 Å². The molecule has 6 aromatic rings. The average molecular weight is 976 g/mol. The van der Waals surface area contributed by atoms with E-state index >= 15 is 0 Å². The summed E-state index contributed by atoms with van der Waals surface area (Å²) < 4.78 is 39.9. The summed E-state index contributed by atoms with van der Waals surface area (Å²) in [4.78, 5) is 91.5. The molecule has 13 nitrogen and oxygen atoms in total. The van der Waals surface area contributed by atoms with Gasteiger partial charge in [-0.2, -0.15) is 0 Å². The molecule has 0 radical (unpaired) electrons. The fourth-order valence-electron chi connectivity index (χ4n) is 8.57. The number of hydrogen-bond donors (Lipinski definition) is 7. The van der Waals surface area contributed by atoms with Crippen molar-refractivity contribution in [2.75, 3.05) is 6.61 Å². The molecule has 1 saturated heterocycles. The average Bonchev–Trinajstić information content (AvgIpc) is 3.29. The van der Waals surface area contributed by atoms with E-state index in [0.29, 0.717) is 33.4 Å².